The molecule has 0 radical (unpaired) electrons. The van der Waals surface area contributed by atoms with Crippen LogP contribution in [0.2, 0.25) is 0 Å². The van der Waals surface area contributed by atoms with Crippen LogP contribution in [0.5, 0.6) is 0 Å². The summed E-state index contributed by atoms with van der Waals surface area (Å²) in [5.41, 5.74) is 8.16. The molecule has 1 aliphatic heterocycles. The fourth-order valence-electron chi connectivity index (χ4n) is 2.76. The normalized spacial score (nSPS) is 25.7. The first-order chi connectivity index (χ1) is 8.72. The summed E-state index contributed by atoms with van der Waals surface area (Å²) in [6, 6.07) is 7.02. The number of piperidine rings is 1. The van der Waals surface area contributed by atoms with Crippen molar-refractivity contribution in [3.8, 4) is 0 Å². The number of hydrogen-bond donors (Lipinski definition) is 1. The van der Waals surface area contributed by atoms with Crippen molar-refractivity contribution in [1.29, 1.82) is 0 Å². The molecule has 4 heteroatoms. The zero-order valence-electron chi connectivity index (χ0n) is 10.8. The molecule has 0 amide bonds. The second kappa shape index (κ2) is 4.71. The molecule has 1 aliphatic rings. The standard InChI is InChI=1S/C14H20N4/c1-11-8-12(15)5-7-17(11)9-13-10-18-6-3-2-4-14(18)16-13/h2-4,6,10-12H,5,7-9,15H2,1H3. The van der Waals surface area contributed by atoms with E-state index >= 15 is 0 Å². The maximum atomic E-state index is 6.00. The zero-order valence-corrected chi connectivity index (χ0v) is 10.8. The van der Waals surface area contributed by atoms with Gasteiger partial charge in [0.2, 0.25) is 0 Å². The van der Waals surface area contributed by atoms with Crippen LogP contribution >= 0.6 is 0 Å². The highest BCUT2D eigenvalue weighted by Gasteiger charge is 2.23. The van der Waals surface area contributed by atoms with E-state index in [9.17, 15) is 0 Å². The van der Waals surface area contributed by atoms with Crippen LogP contribution in [-0.2, 0) is 6.54 Å². The SMILES string of the molecule is CC1CC(N)CCN1Cc1cn2ccccc2n1. The maximum absolute atomic E-state index is 6.00. The quantitative estimate of drug-likeness (QED) is 0.873. The highest BCUT2D eigenvalue weighted by atomic mass is 15.2. The molecule has 4 nitrogen and oxygen atoms in total. The summed E-state index contributed by atoms with van der Waals surface area (Å²) in [6.45, 7) is 4.26. The van der Waals surface area contributed by atoms with Gasteiger partial charge < -0.3 is 10.1 Å². The Morgan fingerprint density at radius 3 is 3.11 bits per heavy atom. The molecule has 0 saturated carbocycles. The van der Waals surface area contributed by atoms with E-state index in [1.54, 1.807) is 0 Å². The van der Waals surface area contributed by atoms with Gasteiger partial charge in [-0.25, -0.2) is 4.98 Å². The van der Waals surface area contributed by atoms with Gasteiger partial charge >= 0.3 is 0 Å². The monoisotopic (exact) mass is 244 g/mol. The molecule has 18 heavy (non-hydrogen) atoms. The molecular formula is C14H20N4. The number of rotatable bonds is 2. The molecule has 96 valence electrons. The molecule has 2 N–H and O–H groups in total. The molecule has 0 aliphatic carbocycles. The third-order valence-electron chi connectivity index (χ3n) is 3.83. The lowest BCUT2D eigenvalue weighted by Gasteiger charge is -2.35. The van der Waals surface area contributed by atoms with E-state index in [0.717, 1.165) is 37.3 Å². The summed E-state index contributed by atoms with van der Waals surface area (Å²) in [4.78, 5) is 7.13. The summed E-state index contributed by atoms with van der Waals surface area (Å²) in [6.07, 6.45) is 6.35. The Morgan fingerprint density at radius 2 is 2.33 bits per heavy atom. The van der Waals surface area contributed by atoms with Crippen LogP contribution in [0.3, 0.4) is 0 Å². The van der Waals surface area contributed by atoms with Crippen LogP contribution in [0.4, 0.5) is 0 Å². The molecule has 2 aromatic heterocycles. The van der Waals surface area contributed by atoms with Gasteiger partial charge in [0, 0.05) is 37.6 Å². The van der Waals surface area contributed by atoms with Crippen LogP contribution in [0.15, 0.2) is 30.6 Å². The average Bonchev–Trinajstić information content (AvgIpc) is 2.75. The van der Waals surface area contributed by atoms with E-state index < -0.39 is 0 Å². The van der Waals surface area contributed by atoms with Crippen molar-refractivity contribution in [3.05, 3.63) is 36.3 Å². The molecule has 2 aromatic rings. The number of likely N-dealkylation sites (tertiary alicyclic amines) is 1. The molecule has 1 fully saturated rings. The summed E-state index contributed by atoms with van der Waals surface area (Å²) in [5.74, 6) is 0. The minimum Gasteiger partial charge on any atom is -0.328 e. The minimum absolute atomic E-state index is 0.373. The Morgan fingerprint density at radius 1 is 1.44 bits per heavy atom. The number of nitrogens with zero attached hydrogens (tertiary/aromatic N) is 3. The number of hydrogen-bond acceptors (Lipinski definition) is 3. The zero-order chi connectivity index (χ0) is 12.5. The summed E-state index contributed by atoms with van der Waals surface area (Å²) in [5, 5.41) is 0. The summed E-state index contributed by atoms with van der Waals surface area (Å²) >= 11 is 0. The Labute approximate surface area is 107 Å². The highest BCUT2D eigenvalue weighted by Crippen LogP contribution is 2.18. The predicted octanol–water partition coefficient (Wildman–Crippen LogP) is 1.65. The van der Waals surface area contributed by atoms with Crippen molar-refractivity contribution < 1.29 is 0 Å². The molecule has 0 spiro atoms. The van der Waals surface area contributed by atoms with Crippen LogP contribution < -0.4 is 5.73 Å². The van der Waals surface area contributed by atoms with Gasteiger partial charge in [-0.3, -0.25) is 4.90 Å². The van der Waals surface area contributed by atoms with E-state index in [0.29, 0.717) is 12.1 Å². The third-order valence-corrected chi connectivity index (χ3v) is 3.83. The van der Waals surface area contributed by atoms with Crippen LogP contribution in [0.25, 0.3) is 5.65 Å². The van der Waals surface area contributed by atoms with Crippen molar-refractivity contribution >= 4 is 5.65 Å². The summed E-state index contributed by atoms with van der Waals surface area (Å²) < 4.78 is 2.08. The van der Waals surface area contributed by atoms with Gasteiger partial charge in [-0.1, -0.05) is 6.07 Å². The average molecular weight is 244 g/mol. The second-order valence-electron chi connectivity index (χ2n) is 5.30. The van der Waals surface area contributed by atoms with Gasteiger partial charge in [0.05, 0.1) is 5.69 Å². The van der Waals surface area contributed by atoms with E-state index in [1.807, 2.05) is 24.4 Å². The molecule has 2 atom stereocenters. The molecule has 3 heterocycles. The Hall–Kier alpha value is -1.39. The Kier molecular flexibility index (Phi) is 3.06. The van der Waals surface area contributed by atoms with Crippen molar-refractivity contribution in [3.63, 3.8) is 0 Å². The number of fused-ring (bicyclic) bond motifs is 1. The van der Waals surface area contributed by atoms with Crippen LogP contribution in [0.1, 0.15) is 25.5 Å². The second-order valence-corrected chi connectivity index (χ2v) is 5.30. The van der Waals surface area contributed by atoms with E-state index in [2.05, 4.69) is 27.4 Å². The van der Waals surface area contributed by atoms with Crippen molar-refractivity contribution in [1.82, 2.24) is 14.3 Å². The molecule has 0 aromatic carbocycles. The topological polar surface area (TPSA) is 46.6 Å². The molecule has 1 saturated heterocycles. The number of aromatic nitrogens is 2. The smallest absolute Gasteiger partial charge is 0.137 e. The highest BCUT2D eigenvalue weighted by molar-refractivity contribution is 5.39. The predicted molar refractivity (Wildman–Crippen MR) is 72.3 cm³/mol. The van der Waals surface area contributed by atoms with Gasteiger partial charge in [0.25, 0.3) is 0 Å². The molecule has 2 unspecified atom stereocenters. The lowest BCUT2D eigenvalue weighted by atomic mass is 9.99. The van der Waals surface area contributed by atoms with Gasteiger partial charge in [-0.2, -0.15) is 0 Å². The van der Waals surface area contributed by atoms with Crippen LogP contribution in [0, 0.1) is 0 Å². The largest absolute Gasteiger partial charge is 0.328 e. The molecular weight excluding hydrogens is 224 g/mol. The Bertz CT molecular complexity index is 500. The first-order valence-electron chi connectivity index (χ1n) is 6.64. The van der Waals surface area contributed by atoms with Gasteiger partial charge in [-0.15, -0.1) is 0 Å². The number of imidazole rings is 1. The van der Waals surface area contributed by atoms with Crippen molar-refractivity contribution in [2.24, 2.45) is 5.73 Å². The van der Waals surface area contributed by atoms with Gasteiger partial charge in [-0.05, 0) is 31.9 Å². The Balaban J connectivity index is 1.75. The van der Waals surface area contributed by atoms with E-state index in [1.165, 1.54) is 0 Å². The van der Waals surface area contributed by atoms with E-state index in [4.69, 9.17) is 5.73 Å². The first-order valence-corrected chi connectivity index (χ1v) is 6.64. The van der Waals surface area contributed by atoms with Gasteiger partial charge in [0.1, 0.15) is 5.65 Å². The fourth-order valence-corrected chi connectivity index (χ4v) is 2.76. The van der Waals surface area contributed by atoms with Crippen LogP contribution in [-0.4, -0.2) is 32.9 Å². The first kappa shape index (κ1) is 11.7. The van der Waals surface area contributed by atoms with Crippen molar-refractivity contribution in [2.45, 2.75) is 38.4 Å². The molecule has 3 rings (SSSR count). The number of nitrogens with two attached hydrogens (primary N) is 1. The lowest BCUT2D eigenvalue weighted by molar-refractivity contribution is 0.138. The van der Waals surface area contributed by atoms with Crippen molar-refractivity contribution in [2.75, 3.05) is 6.54 Å². The van der Waals surface area contributed by atoms with Gasteiger partial charge in [0.15, 0.2) is 0 Å². The molecule has 0 bridgehead atoms. The third kappa shape index (κ3) is 2.26. The summed E-state index contributed by atoms with van der Waals surface area (Å²) in [7, 11) is 0. The van der Waals surface area contributed by atoms with E-state index in [-0.39, 0.29) is 0 Å². The fraction of sp³-hybridized carbons (Fsp3) is 0.500. The lowest BCUT2D eigenvalue weighted by Crippen LogP contribution is -2.45. The number of pyridine rings is 1. The minimum atomic E-state index is 0.373. The maximum Gasteiger partial charge on any atom is 0.137 e.